The molecule has 6 heteroatoms. The van der Waals surface area contributed by atoms with E-state index in [2.05, 4.69) is 10.3 Å². The first-order valence-electron chi connectivity index (χ1n) is 6.24. The quantitative estimate of drug-likeness (QED) is 0.887. The SMILES string of the molecule is O=C(N[C@@H](Cc1cccc(Cl)c1)C(=O)O)c1ccncc1. The van der Waals surface area contributed by atoms with Gasteiger partial charge in [0, 0.05) is 29.4 Å². The van der Waals surface area contributed by atoms with Gasteiger partial charge in [-0.15, -0.1) is 0 Å². The second-order valence-corrected chi connectivity index (χ2v) is 4.87. The number of halogens is 1. The zero-order chi connectivity index (χ0) is 15.2. The van der Waals surface area contributed by atoms with Crippen LogP contribution in [-0.2, 0) is 11.2 Å². The molecular formula is C15H13ClN2O3. The summed E-state index contributed by atoms with van der Waals surface area (Å²) in [5, 5.41) is 12.3. The van der Waals surface area contributed by atoms with Crippen molar-refractivity contribution in [3.05, 3.63) is 64.9 Å². The van der Waals surface area contributed by atoms with Gasteiger partial charge in [0.1, 0.15) is 6.04 Å². The van der Waals surface area contributed by atoms with Crippen molar-refractivity contribution in [3.8, 4) is 0 Å². The van der Waals surface area contributed by atoms with Gasteiger partial charge < -0.3 is 10.4 Å². The van der Waals surface area contributed by atoms with E-state index in [4.69, 9.17) is 11.6 Å². The molecule has 0 spiro atoms. The summed E-state index contributed by atoms with van der Waals surface area (Å²) in [6, 6.07) is 8.90. The average Bonchev–Trinajstić information content (AvgIpc) is 2.47. The van der Waals surface area contributed by atoms with Crippen LogP contribution in [0.2, 0.25) is 5.02 Å². The van der Waals surface area contributed by atoms with Crippen molar-refractivity contribution < 1.29 is 14.7 Å². The predicted octanol–water partition coefficient (Wildman–Crippen LogP) is 2.16. The second-order valence-electron chi connectivity index (χ2n) is 4.43. The van der Waals surface area contributed by atoms with Crippen molar-refractivity contribution in [2.75, 3.05) is 0 Å². The molecule has 108 valence electrons. The summed E-state index contributed by atoms with van der Waals surface area (Å²) >= 11 is 5.87. The first kappa shape index (κ1) is 15.0. The van der Waals surface area contributed by atoms with Gasteiger partial charge in [-0.3, -0.25) is 9.78 Å². The molecule has 0 aliphatic heterocycles. The molecule has 0 fully saturated rings. The number of hydrogen-bond acceptors (Lipinski definition) is 3. The van der Waals surface area contributed by atoms with Gasteiger partial charge in [-0.2, -0.15) is 0 Å². The van der Waals surface area contributed by atoms with Crippen LogP contribution in [0.1, 0.15) is 15.9 Å². The van der Waals surface area contributed by atoms with E-state index in [-0.39, 0.29) is 6.42 Å². The molecule has 1 aromatic carbocycles. The van der Waals surface area contributed by atoms with Gasteiger partial charge >= 0.3 is 5.97 Å². The Morgan fingerprint density at radius 3 is 2.57 bits per heavy atom. The number of benzene rings is 1. The molecule has 0 saturated heterocycles. The molecule has 0 aliphatic rings. The topological polar surface area (TPSA) is 79.3 Å². The summed E-state index contributed by atoms with van der Waals surface area (Å²) in [7, 11) is 0. The van der Waals surface area contributed by atoms with Gasteiger partial charge in [-0.25, -0.2) is 4.79 Å². The third-order valence-corrected chi connectivity index (χ3v) is 3.11. The molecule has 1 heterocycles. The number of carboxylic acid groups (broad SMARTS) is 1. The van der Waals surface area contributed by atoms with Crippen LogP contribution in [-0.4, -0.2) is 28.0 Å². The fraction of sp³-hybridized carbons (Fsp3) is 0.133. The molecule has 0 saturated carbocycles. The Balaban J connectivity index is 2.09. The van der Waals surface area contributed by atoms with Gasteiger partial charge in [0.15, 0.2) is 0 Å². The first-order valence-corrected chi connectivity index (χ1v) is 6.62. The average molecular weight is 305 g/mol. The summed E-state index contributed by atoms with van der Waals surface area (Å²) in [6.07, 6.45) is 3.11. The standard InChI is InChI=1S/C15H13ClN2O3/c16-12-3-1-2-10(8-12)9-13(15(20)21)18-14(19)11-4-6-17-7-5-11/h1-8,13H,9H2,(H,18,19)(H,20,21)/t13-/m0/s1. The van der Waals surface area contributed by atoms with Gasteiger partial charge in [0.05, 0.1) is 0 Å². The van der Waals surface area contributed by atoms with Crippen LogP contribution in [0.4, 0.5) is 0 Å². The Bertz CT molecular complexity index is 646. The molecule has 21 heavy (non-hydrogen) atoms. The highest BCUT2D eigenvalue weighted by Gasteiger charge is 2.21. The first-order chi connectivity index (χ1) is 10.1. The lowest BCUT2D eigenvalue weighted by molar-refractivity contribution is -0.139. The molecule has 1 atom stereocenters. The van der Waals surface area contributed by atoms with E-state index in [1.165, 1.54) is 24.5 Å². The van der Waals surface area contributed by atoms with Gasteiger partial charge in [0.25, 0.3) is 5.91 Å². The molecule has 0 aliphatic carbocycles. The Morgan fingerprint density at radius 2 is 1.95 bits per heavy atom. The van der Waals surface area contributed by atoms with Crippen LogP contribution in [0.15, 0.2) is 48.8 Å². The highest BCUT2D eigenvalue weighted by atomic mass is 35.5. The van der Waals surface area contributed by atoms with E-state index in [0.717, 1.165) is 5.56 Å². The van der Waals surface area contributed by atoms with Crippen molar-refractivity contribution in [2.24, 2.45) is 0 Å². The number of aliphatic carboxylic acids is 1. The van der Waals surface area contributed by atoms with E-state index in [0.29, 0.717) is 10.6 Å². The van der Waals surface area contributed by atoms with Crippen LogP contribution in [0.5, 0.6) is 0 Å². The van der Waals surface area contributed by atoms with E-state index in [1.807, 2.05) is 0 Å². The number of nitrogens with one attached hydrogen (secondary N) is 1. The number of aromatic nitrogens is 1. The number of amides is 1. The lowest BCUT2D eigenvalue weighted by atomic mass is 10.1. The molecule has 1 aromatic heterocycles. The smallest absolute Gasteiger partial charge is 0.326 e. The maximum absolute atomic E-state index is 12.0. The lowest BCUT2D eigenvalue weighted by Crippen LogP contribution is -2.42. The fourth-order valence-electron chi connectivity index (χ4n) is 1.84. The molecule has 0 radical (unpaired) electrons. The monoisotopic (exact) mass is 304 g/mol. The van der Waals surface area contributed by atoms with Crippen LogP contribution in [0, 0.1) is 0 Å². The molecule has 0 unspecified atom stereocenters. The number of nitrogens with zero attached hydrogens (tertiary/aromatic N) is 1. The number of rotatable bonds is 5. The van der Waals surface area contributed by atoms with Gasteiger partial charge in [-0.1, -0.05) is 23.7 Å². The van der Waals surface area contributed by atoms with E-state index in [9.17, 15) is 14.7 Å². The number of carbonyl (C=O) groups excluding carboxylic acids is 1. The highest BCUT2D eigenvalue weighted by Crippen LogP contribution is 2.12. The third kappa shape index (κ3) is 4.29. The summed E-state index contributed by atoms with van der Waals surface area (Å²) in [5.41, 5.74) is 1.10. The van der Waals surface area contributed by atoms with Crippen molar-refractivity contribution in [1.29, 1.82) is 0 Å². The van der Waals surface area contributed by atoms with Crippen LogP contribution in [0.3, 0.4) is 0 Å². The Hall–Kier alpha value is -2.40. The zero-order valence-corrected chi connectivity index (χ0v) is 11.7. The summed E-state index contributed by atoms with van der Waals surface area (Å²) in [4.78, 5) is 27.1. The van der Waals surface area contributed by atoms with Crippen LogP contribution in [0.25, 0.3) is 0 Å². The number of pyridine rings is 1. The fourth-order valence-corrected chi connectivity index (χ4v) is 2.06. The largest absolute Gasteiger partial charge is 0.480 e. The Morgan fingerprint density at radius 1 is 1.24 bits per heavy atom. The van der Waals surface area contributed by atoms with Gasteiger partial charge in [-0.05, 0) is 29.8 Å². The molecular weight excluding hydrogens is 292 g/mol. The molecule has 2 N–H and O–H groups in total. The highest BCUT2D eigenvalue weighted by molar-refractivity contribution is 6.30. The van der Waals surface area contributed by atoms with Gasteiger partial charge in [0.2, 0.25) is 0 Å². The second kappa shape index (κ2) is 6.85. The predicted molar refractivity (Wildman–Crippen MR) is 78.3 cm³/mol. The molecule has 2 aromatic rings. The van der Waals surface area contributed by atoms with Crippen molar-refractivity contribution >= 4 is 23.5 Å². The molecule has 0 bridgehead atoms. The Kier molecular flexibility index (Phi) is 4.90. The third-order valence-electron chi connectivity index (χ3n) is 2.87. The van der Waals surface area contributed by atoms with Crippen LogP contribution >= 0.6 is 11.6 Å². The molecule has 2 rings (SSSR count). The molecule has 1 amide bonds. The van der Waals surface area contributed by atoms with E-state index in [1.54, 1.807) is 24.3 Å². The van der Waals surface area contributed by atoms with E-state index < -0.39 is 17.9 Å². The van der Waals surface area contributed by atoms with Crippen molar-refractivity contribution in [2.45, 2.75) is 12.5 Å². The molecule has 5 nitrogen and oxygen atoms in total. The minimum absolute atomic E-state index is 0.159. The zero-order valence-electron chi connectivity index (χ0n) is 11.0. The van der Waals surface area contributed by atoms with Crippen LogP contribution < -0.4 is 5.32 Å². The van der Waals surface area contributed by atoms with E-state index >= 15 is 0 Å². The lowest BCUT2D eigenvalue weighted by Gasteiger charge is -2.14. The minimum atomic E-state index is -1.10. The number of carboxylic acids is 1. The maximum Gasteiger partial charge on any atom is 0.326 e. The summed E-state index contributed by atoms with van der Waals surface area (Å²) in [6.45, 7) is 0. The summed E-state index contributed by atoms with van der Waals surface area (Å²) < 4.78 is 0. The Labute approximate surface area is 126 Å². The normalized spacial score (nSPS) is 11.7. The summed E-state index contributed by atoms with van der Waals surface area (Å²) in [5.74, 6) is -1.55. The van der Waals surface area contributed by atoms with Crippen molar-refractivity contribution in [3.63, 3.8) is 0 Å². The number of hydrogen-bond donors (Lipinski definition) is 2. The number of carbonyl (C=O) groups is 2. The van der Waals surface area contributed by atoms with Crippen molar-refractivity contribution in [1.82, 2.24) is 10.3 Å². The minimum Gasteiger partial charge on any atom is -0.480 e. The maximum atomic E-state index is 12.0.